The lowest BCUT2D eigenvalue weighted by atomic mass is 9.98. The molecular formula is C89H116F6N18O21S4. The molecule has 0 aromatic carbocycles. The van der Waals surface area contributed by atoms with E-state index in [1.165, 1.54) is 133 Å². The predicted molar refractivity (Wildman–Crippen MR) is 491 cm³/mol. The molecule has 0 saturated carbocycles. The summed E-state index contributed by atoms with van der Waals surface area (Å²) in [4.78, 5) is 238. The fraction of sp³-hybridized carbons (Fsp3) is 0.596. The van der Waals surface area contributed by atoms with Crippen LogP contribution in [0.4, 0.5) is 31.1 Å². The van der Waals surface area contributed by atoms with Gasteiger partial charge in [-0.05, 0) is 75.3 Å². The number of carboxylic acid groups (broad SMARTS) is 2. The van der Waals surface area contributed by atoms with Crippen molar-refractivity contribution in [1.29, 1.82) is 15.8 Å². The van der Waals surface area contributed by atoms with Gasteiger partial charge in [0.25, 0.3) is 35.5 Å². The van der Waals surface area contributed by atoms with Crippen LogP contribution in [0.2, 0.25) is 0 Å². The Morgan fingerprint density at radius 3 is 1.22 bits per heavy atom. The second-order valence-electron chi connectivity index (χ2n) is 34.1. The van der Waals surface area contributed by atoms with Crippen LogP contribution < -0.4 is 42.5 Å². The summed E-state index contributed by atoms with van der Waals surface area (Å²) < 4.78 is 87.3. The molecule has 49 heteroatoms. The number of halogens is 6. The number of aliphatic carboxylic acids is 2. The number of carbonyl (C=O) groups excluding carboxylic acids is 16. The lowest BCUT2D eigenvalue weighted by Gasteiger charge is -2.23. The number of hydrogen-bond acceptors (Lipinski definition) is 30. The maximum absolute atomic E-state index is 13.8. The molecule has 4 unspecified atom stereocenters. The van der Waals surface area contributed by atoms with Gasteiger partial charge in [0.05, 0.1) is 91.6 Å². The minimum atomic E-state index is -3.19. The van der Waals surface area contributed by atoms with Crippen molar-refractivity contribution in [3.8, 4) is 18.2 Å². The van der Waals surface area contributed by atoms with Crippen LogP contribution in [0.15, 0.2) is 55.0 Å². The SMILES string of the molecule is CC(=O)C(CSC1CC(=O)N(CCNC(C)C)C1=O)CC(=O)CCC(=O)NCc1cc(C(=O)N[C@H](C)C(=O)N2CC(F)(F)C[C@H]2C#N)ccn1.CC(C)CNC(=O)OCCSSCC(CC(=O)CCC(=O)NCc1cc(C(=O)N[C@H](C)C(=O)N2CC(F)(F)C[C@H]2C#N)ccn1)C(=O)O.CC(C)SCC(CC(=O)CCC(=O)NCc1cc(C(=O)N[C@H](C)C(=O)N2CC(F)(F)C[C@H]2C#N)ccn1)C(=O)O. The van der Waals surface area contributed by atoms with Crippen LogP contribution in [0.25, 0.3) is 0 Å². The van der Waals surface area contributed by atoms with Gasteiger partial charge in [-0.2, -0.15) is 27.5 Å². The molecule has 12 amide bonds. The van der Waals surface area contributed by atoms with E-state index >= 15 is 0 Å². The minimum absolute atomic E-state index is 0.0391. The second-order valence-corrected chi connectivity index (χ2v) is 39.5. The molecule has 754 valence electrons. The number of thioether (sulfide) groups is 2. The van der Waals surface area contributed by atoms with Crippen molar-refractivity contribution in [2.75, 3.05) is 68.9 Å². The summed E-state index contributed by atoms with van der Waals surface area (Å²) in [6.45, 7) is 15.5. The molecule has 4 aliphatic heterocycles. The standard InChI is InChI=1S/C33H43F2N7O7S.C30H40F2N6O8S2.C26H33F2N5O6S/c1-19(2)37-9-10-41-29(46)13-27(32(41)49)50-17-23(21(4)43)12-26(44)5-6-28(45)39-16-24-11-22(7-8-38-24)30(47)40-20(3)31(48)42-18-33(34,35)14-25(42)15-36;1-18(2)14-36-29(45)46-8-9-47-48-16-21(28(43)44)11-24(39)4-5-25(40)35-15-22-10-20(6-7-34-22)26(41)37-19(3)27(42)38-17-30(31,32)12-23(38)13-33;1-15(2)40-13-18(25(38)39)9-21(34)4-5-22(35)31-12-19-8-17(6-7-30-19)23(36)32-16(3)24(37)33-14-26(27,28)10-20(33)11-29/h7-8,11,19-20,23,25,27,37H,5-6,9-10,12-14,16-18H2,1-4H3,(H,39,45)(H,40,47);6-7,10,18-19,21,23H,4-5,8-9,11-12,14-17H2,1-3H3,(H,35,40)(H,36,45)(H,37,41)(H,43,44);6-8,15-16,18,20H,4-5,9-10,12-14H2,1-3H3,(H,31,35)(H,32,36)(H,38,39)/t20-,23?,25+,27?;19-,21?,23+;16-,18?,20+/m111/s1. The van der Waals surface area contributed by atoms with Crippen molar-refractivity contribution in [2.45, 2.75) is 243 Å². The Bertz CT molecular complexity index is 4990. The number of carbonyl (C=O) groups is 18. The Morgan fingerprint density at radius 2 is 0.884 bits per heavy atom. The number of aromatic nitrogens is 3. The van der Waals surface area contributed by atoms with Crippen molar-refractivity contribution in [3.63, 3.8) is 0 Å². The van der Waals surface area contributed by atoms with Crippen LogP contribution in [0.5, 0.6) is 0 Å². The van der Waals surface area contributed by atoms with Crippen LogP contribution in [0, 0.1) is 57.7 Å². The topological polar surface area (TPSA) is 576 Å². The highest BCUT2D eigenvalue weighted by Gasteiger charge is 2.51. The van der Waals surface area contributed by atoms with Crippen molar-refractivity contribution >= 4 is 151 Å². The lowest BCUT2D eigenvalue weighted by Crippen LogP contribution is -2.48. The molecule has 39 nitrogen and oxygen atoms in total. The maximum Gasteiger partial charge on any atom is 0.407 e. The number of amides is 12. The van der Waals surface area contributed by atoms with E-state index in [1.54, 1.807) is 18.2 Å². The number of alkyl halides is 6. The van der Waals surface area contributed by atoms with Gasteiger partial charge in [-0.1, -0.05) is 63.1 Å². The Balaban J connectivity index is 0.000000368. The summed E-state index contributed by atoms with van der Waals surface area (Å²) in [7, 11) is 2.56. The number of alkyl carbamates (subject to hydrolysis) is 1. The molecule has 0 radical (unpaired) electrons. The smallest absolute Gasteiger partial charge is 0.407 e. The molecule has 7 rings (SSSR count). The zero-order valence-electron chi connectivity index (χ0n) is 77.8. The third kappa shape index (κ3) is 41.0. The normalized spacial score (nSPS) is 17.9. The molecule has 0 bridgehead atoms. The first-order valence-electron chi connectivity index (χ1n) is 44.1. The highest BCUT2D eigenvalue weighted by Crippen LogP contribution is 2.36. The predicted octanol–water partition coefficient (Wildman–Crippen LogP) is 6.32. The second kappa shape index (κ2) is 56.9. The molecule has 3 aromatic rings. The van der Waals surface area contributed by atoms with Gasteiger partial charge < -0.3 is 72.2 Å². The molecule has 10 N–H and O–H groups in total. The number of nitrogens with zero attached hydrogens (tertiary/aromatic N) is 10. The molecule has 4 fully saturated rings. The zero-order chi connectivity index (χ0) is 103. The highest BCUT2D eigenvalue weighted by molar-refractivity contribution is 8.76. The number of carboxylic acids is 2. The van der Waals surface area contributed by atoms with Crippen LogP contribution in [0.3, 0.4) is 0 Å². The van der Waals surface area contributed by atoms with E-state index in [1.807, 2.05) is 41.5 Å². The monoisotopic (exact) mass is 2010 g/mol. The van der Waals surface area contributed by atoms with Crippen LogP contribution in [-0.2, 0) is 91.5 Å². The summed E-state index contributed by atoms with van der Waals surface area (Å²) in [5, 5.41) is 66.6. The number of rotatable bonds is 51. The van der Waals surface area contributed by atoms with E-state index in [2.05, 4.69) is 57.5 Å². The third-order valence-electron chi connectivity index (χ3n) is 21.1. The first kappa shape index (κ1) is 117. The number of likely N-dealkylation sites (tertiary alicyclic amines) is 4. The molecular weight excluding hydrogens is 1900 g/mol. The molecule has 4 aliphatic rings. The number of hydrogen-bond donors (Lipinski definition) is 10. The minimum Gasteiger partial charge on any atom is -0.481 e. The van der Waals surface area contributed by atoms with E-state index in [0.717, 1.165) is 14.7 Å². The maximum atomic E-state index is 13.8. The molecule has 3 aromatic heterocycles. The Kier molecular flexibility index (Phi) is 48.0. The van der Waals surface area contributed by atoms with Gasteiger partial charge in [-0.3, -0.25) is 101 Å². The zero-order valence-corrected chi connectivity index (χ0v) is 81.1. The number of ether oxygens (including phenoxy) is 1. The van der Waals surface area contributed by atoms with Gasteiger partial charge in [0.15, 0.2) is 0 Å². The van der Waals surface area contributed by atoms with E-state index in [0.29, 0.717) is 41.9 Å². The molecule has 0 aliphatic carbocycles. The van der Waals surface area contributed by atoms with Gasteiger partial charge >= 0.3 is 18.0 Å². The number of nitriles is 3. The quantitative estimate of drug-likeness (QED) is 0.0128. The third-order valence-corrected chi connectivity index (χ3v) is 26.2. The summed E-state index contributed by atoms with van der Waals surface area (Å²) >= 11 is 2.63. The van der Waals surface area contributed by atoms with Gasteiger partial charge in [0, 0.05) is 173 Å². The summed E-state index contributed by atoms with van der Waals surface area (Å²) in [5.41, 5.74) is 1.18. The highest BCUT2D eigenvalue weighted by atomic mass is 33.1. The van der Waals surface area contributed by atoms with Gasteiger partial charge in [0.2, 0.25) is 47.3 Å². The first-order valence-corrected chi connectivity index (χ1v) is 48.7. The number of Topliss-reactive ketones (excluding diaryl/α,β-unsaturated/α-hetero) is 4. The van der Waals surface area contributed by atoms with Crippen molar-refractivity contribution in [1.82, 2.24) is 77.1 Å². The number of nitrogens with one attached hydrogen (secondary N) is 8. The Labute approximate surface area is 809 Å². The molecule has 7 heterocycles. The Morgan fingerprint density at radius 1 is 0.514 bits per heavy atom. The fourth-order valence-electron chi connectivity index (χ4n) is 13.6. The van der Waals surface area contributed by atoms with E-state index < -0.39 is 193 Å². The van der Waals surface area contributed by atoms with Crippen LogP contribution >= 0.6 is 45.1 Å². The number of imide groups is 1. The van der Waals surface area contributed by atoms with E-state index in [-0.39, 0.29) is 171 Å². The Hall–Kier alpha value is -11.9. The fourth-order valence-corrected chi connectivity index (χ4v) is 18.0. The summed E-state index contributed by atoms with van der Waals surface area (Å²) in [6, 6.07) is 6.04. The molecule has 4 saturated heterocycles. The van der Waals surface area contributed by atoms with Gasteiger partial charge in [-0.15, -0.1) is 11.8 Å². The molecule has 0 spiro atoms. The summed E-state index contributed by atoms with van der Waals surface area (Å²) in [6.07, 6.45) is -0.266. The lowest BCUT2D eigenvalue weighted by molar-refractivity contribution is -0.143. The largest absolute Gasteiger partial charge is 0.481 e. The average molecular weight is 2020 g/mol. The van der Waals surface area contributed by atoms with Crippen molar-refractivity contribution in [2.24, 2.45) is 23.7 Å². The average Bonchev–Trinajstić information content (AvgIpc) is 1.67. The van der Waals surface area contributed by atoms with E-state index in [9.17, 15) is 123 Å². The van der Waals surface area contributed by atoms with Crippen molar-refractivity contribution in [3.05, 3.63) is 88.8 Å². The van der Waals surface area contributed by atoms with Gasteiger partial charge in [0.1, 0.15) is 66.0 Å². The van der Waals surface area contributed by atoms with Crippen LogP contribution in [0.1, 0.15) is 201 Å². The van der Waals surface area contributed by atoms with Crippen molar-refractivity contribution < 1.29 is 128 Å². The number of ketones is 4. The first-order chi connectivity index (χ1) is 64.8. The van der Waals surface area contributed by atoms with E-state index in [4.69, 9.17) is 20.5 Å². The van der Waals surface area contributed by atoms with Gasteiger partial charge in [-0.25, -0.2) is 31.1 Å². The molecule has 138 heavy (non-hydrogen) atoms. The molecule has 10 atom stereocenters. The summed E-state index contributed by atoms with van der Waals surface area (Å²) in [5.74, 6) is -20.6. The number of pyridine rings is 3. The van der Waals surface area contributed by atoms with Crippen LogP contribution in [-0.4, -0.2) is 290 Å².